The third kappa shape index (κ3) is 5.77. The number of carbonyl (C=O) groups excluding carboxylic acids is 1. The lowest BCUT2D eigenvalue weighted by Gasteiger charge is -2.23. The van der Waals surface area contributed by atoms with Crippen LogP contribution in [0.5, 0.6) is 0 Å². The number of aromatic amines is 1. The van der Waals surface area contributed by atoms with Gasteiger partial charge in [-0.15, -0.1) is 0 Å². The van der Waals surface area contributed by atoms with Gasteiger partial charge in [-0.1, -0.05) is 84.4 Å². The van der Waals surface area contributed by atoms with Gasteiger partial charge in [0.15, 0.2) is 5.69 Å². The monoisotopic (exact) mass is 486 g/mol. The Bertz CT molecular complexity index is 1460. The third-order valence-corrected chi connectivity index (χ3v) is 5.66. The molecule has 0 unspecified atom stereocenters. The van der Waals surface area contributed by atoms with E-state index in [1.165, 1.54) is 15.5 Å². The average Bonchev–Trinajstić information content (AvgIpc) is 2.86. The quantitative estimate of drug-likeness (QED) is 0.384. The van der Waals surface area contributed by atoms with Crippen molar-refractivity contribution in [3.63, 3.8) is 0 Å². The standard InChI is InChI=1S/C27H23ClN4O3/c28-22-14-11-19(12-15-22)13-16-23(33)31(17-20-7-3-1-4-8-20)24-25(29)32(27(35)30-26(24)34)18-21-9-5-2-6-10-21/h1-16H,17-18,29H2,(H,30,34,35)/b16-13+. The first kappa shape index (κ1) is 23.8. The zero-order chi connectivity index (χ0) is 24.8. The average molecular weight is 487 g/mol. The molecule has 0 fully saturated rings. The van der Waals surface area contributed by atoms with E-state index < -0.39 is 17.2 Å². The molecule has 35 heavy (non-hydrogen) atoms. The summed E-state index contributed by atoms with van der Waals surface area (Å²) in [5.74, 6) is -0.558. The van der Waals surface area contributed by atoms with Crippen LogP contribution in [0.1, 0.15) is 16.7 Å². The van der Waals surface area contributed by atoms with Crippen molar-refractivity contribution in [1.82, 2.24) is 9.55 Å². The molecule has 0 bridgehead atoms. The highest BCUT2D eigenvalue weighted by molar-refractivity contribution is 6.30. The number of halogens is 1. The fourth-order valence-corrected chi connectivity index (χ4v) is 3.75. The summed E-state index contributed by atoms with van der Waals surface area (Å²) >= 11 is 5.94. The number of rotatable bonds is 7. The minimum atomic E-state index is -0.735. The first-order valence-electron chi connectivity index (χ1n) is 10.9. The maximum atomic E-state index is 13.4. The van der Waals surface area contributed by atoms with Gasteiger partial charge in [0.25, 0.3) is 11.5 Å². The predicted octanol–water partition coefficient (Wildman–Crippen LogP) is 4.07. The van der Waals surface area contributed by atoms with E-state index >= 15 is 0 Å². The zero-order valence-corrected chi connectivity index (χ0v) is 19.5. The lowest BCUT2D eigenvalue weighted by Crippen LogP contribution is -2.40. The fourth-order valence-electron chi connectivity index (χ4n) is 3.63. The topological polar surface area (TPSA) is 101 Å². The number of H-pyrrole nitrogens is 1. The highest BCUT2D eigenvalue weighted by atomic mass is 35.5. The van der Waals surface area contributed by atoms with Gasteiger partial charge in [-0.05, 0) is 34.9 Å². The Labute approximate surface area is 206 Å². The second-order valence-electron chi connectivity index (χ2n) is 7.86. The number of anilines is 2. The molecule has 0 saturated heterocycles. The summed E-state index contributed by atoms with van der Waals surface area (Å²) in [7, 11) is 0. The van der Waals surface area contributed by atoms with E-state index in [4.69, 9.17) is 17.3 Å². The highest BCUT2D eigenvalue weighted by Gasteiger charge is 2.23. The van der Waals surface area contributed by atoms with Crippen LogP contribution < -0.4 is 21.9 Å². The van der Waals surface area contributed by atoms with Crippen molar-refractivity contribution in [2.75, 3.05) is 10.6 Å². The number of hydrogen-bond acceptors (Lipinski definition) is 4. The van der Waals surface area contributed by atoms with Crippen LogP contribution in [0.15, 0.2) is 101 Å². The molecular weight excluding hydrogens is 464 g/mol. The van der Waals surface area contributed by atoms with Crippen LogP contribution >= 0.6 is 11.6 Å². The lowest BCUT2D eigenvalue weighted by molar-refractivity contribution is -0.114. The van der Waals surface area contributed by atoms with E-state index in [-0.39, 0.29) is 24.6 Å². The number of nitrogens with two attached hydrogens (primary N) is 1. The highest BCUT2D eigenvalue weighted by Crippen LogP contribution is 2.21. The first-order chi connectivity index (χ1) is 16.9. The molecule has 0 aliphatic carbocycles. The summed E-state index contributed by atoms with van der Waals surface area (Å²) in [6.45, 7) is 0.227. The molecule has 4 rings (SSSR count). The molecule has 1 amide bonds. The Morgan fingerprint density at radius 2 is 1.51 bits per heavy atom. The molecule has 0 aliphatic rings. The summed E-state index contributed by atoms with van der Waals surface area (Å²) in [6.07, 6.45) is 2.98. The molecule has 7 nitrogen and oxygen atoms in total. The van der Waals surface area contributed by atoms with E-state index in [2.05, 4.69) is 4.98 Å². The Balaban J connectivity index is 1.77. The van der Waals surface area contributed by atoms with Crippen molar-refractivity contribution in [2.45, 2.75) is 13.1 Å². The fraction of sp³-hybridized carbons (Fsp3) is 0.0741. The van der Waals surface area contributed by atoms with Gasteiger partial charge in [0.2, 0.25) is 0 Å². The SMILES string of the molecule is Nc1c(N(Cc2ccccc2)C(=O)/C=C/c2ccc(Cl)cc2)c(=O)[nH]c(=O)n1Cc1ccccc1. The molecule has 1 aromatic heterocycles. The molecule has 4 aromatic rings. The molecule has 0 aliphatic heterocycles. The van der Waals surface area contributed by atoms with E-state index in [9.17, 15) is 14.4 Å². The Kier molecular flexibility index (Phi) is 7.28. The Hall–Kier alpha value is -4.36. The maximum Gasteiger partial charge on any atom is 0.330 e. The molecule has 3 aromatic carbocycles. The number of carbonyl (C=O) groups is 1. The molecule has 8 heteroatoms. The minimum Gasteiger partial charge on any atom is -0.383 e. The minimum absolute atomic E-state index is 0.0848. The van der Waals surface area contributed by atoms with Gasteiger partial charge >= 0.3 is 5.69 Å². The predicted molar refractivity (Wildman–Crippen MR) is 139 cm³/mol. The van der Waals surface area contributed by atoms with Crippen LogP contribution in [0.25, 0.3) is 6.08 Å². The van der Waals surface area contributed by atoms with Crippen LogP contribution in [0.4, 0.5) is 11.5 Å². The van der Waals surface area contributed by atoms with Crippen molar-refractivity contribution >= 4 is 35.1 Å². The molecular formula is C27H23ClN4O3. The van der Waals surface area contributed by atoms with E-state index in [0.717, 1.165) is 16.7 Å². The number of aromatic nitrogens is 2. The Morgan fingerprint density at radius 1 is 0.914 bits per heavy atom. The van der Waals surface area contributed by atoms with Gasteiger partial charge in [0.1, 0.15) is 5.82 Å². The molecule has 0 saturated carbocycles. The van der Waals surface area contributed by atoms with Crippen LogP contribution in [0.2, 0.25) is 5.02 Å². The van der Waals surface area contributed by atoms with Gasteiger partial charge < -0.3 is 5.73 Å². The number of nitrogens with zero attached hydrogens (tertiary/aromatic N) is 2. The normalized spacial score (nSPS) is 11.0. The van der Waals surface area contributed by atoms with Crippen molar-refractivity contribution < 1.29 is 4.79 Å². The van der Waals surface area contributed by atoms with Crippen molar-refractivity contribution in [3.05, 3.63) is 134 Å². The van der Waals surface area contributed by atoms with Crippen LogP contribution in [-0.4, -0.2) is 15.5 Å². The third-order valence-electron chi connectivity index (χ3n) is 5.41. The summed E-state index contributed by atoms with van der Waals surface area (Å²) in [5, 5.41) is 0.583. The van der Waals surface area contributed by atoms with Gasteiger partial charge in [-0.3, -0.25) is 24.0 Å². The van der Waals surface area contributed by atoms with Crippen LogP contribution in [0.3, 0.4) is 0 Å². The Morgan fingerprint density at radius 3 is 2.14 bits per heavy atom. The summed E-state index contributed by atoms with van der Waals surface area (Å²) in [4.78, 5) is 42.5. The van der Waals surface area contributed by atoms with Crippen molar-refractivity contribution in [3.8, 4) is 0 Å². The number of nitrogens with one attached hydrogen (secondary N) is 1. The largest absolute Gasteiger partial charge is 0.383 e. The van der Waals surface area contributed by atoms with Crippen molar-refractivity contribution in [2.24, 2.45) is 0 Å². The van der Waals surface area contributed by atoms with Crippen LogP contribution in [-0.2, 0) is 17.9 Å². The number of nitrogen functional groups attached to an aromatic ring is 1. The van der Waals surface area contributed by atoms with E-state index in [1.807, 2.05) is 60.7 Å². The van der Waals surface area contributed by atoms with Crippen LogP contribution in [0, 0.1) is 0 Å². The zero-order valence-electron chi connectivity index (χ0n) is 18.7. The lowest BCUT2D eigenvalue weighted by atomic mass is 10.1. The molecule has 3 N–H and O–H groups in total. The summed E-state index contributed by atoms with van der Waals surface area (Å²) in [5.41, 5.74) is 7.26. The van der Waals surface area contributed by atoms with Gasteiger partial charge in [0.05, 0.1) is 13.1 Å². The molecule has 1 heterocycles. The summed E-state index contributed by atoms with van der Waals surface area (Å²) < 4.78 is 1.25. The summed E-state index contributed by atoms with van der Waals surface area (Å²) in [6, 6.07) is 25.4. The van der Waals surface area contributed by atoms with Gasteiger partial charge in [-0.25, -0.2) is 4.79 Å². The second kappa shape index (κ2) is 10.7. The first-order valence-corrected chi connectivity index (χ1v) is 11.3. The van der Waals surface area contributed by atoms with Crippen molar-refractivity contribution in [1.29, 1.82) is 0 Å². The molecule has 0 radical (unpaired) electrons. The molecule has 0 spiro atoms. The number of hydrogen-bond donors (Lipinski definition) is 2. The van der Waals surface area contributed by atoms with E-state index in [0.29, 0.717) is 5.02 Å². The van der Waals surface area contributed by atoms with Gasteiger partial charge in [-0.2, -0.15) is 0 Å². The maximum absolute atomic E-state index is 13.4. The smallest absolute Gasteiger partial charge is 0.330 e. The number of benzene rings is 3. The van der Waals surface area contributed by atoms with Gasteiger partial charge in [0, 0.05) is 11.1 Å². The number of amides is 1. The second-order valence-corrected chi connectivity index (χ2v) is 8.30. The molecule has 0 atom stereocenters. The molecule has 176 valence electrons. The van der Waals surface area contributed by atoms with E-state index in [1.54, 1.807) is 30.3 Å².